The third-order valence-corrected chi connectivity index (χ3v) is 4.56. The standard InChI is InChI=1S/C19H20FN5O2/c1-11-6-13(20)17(23-10-11)14(26)7-12-4-5-22-15(8-12)19(2)9-16(27)25(3)18(21)24-19/h4-6,8,10H,7,9H2,1-3H3,(H2,21,24). The molecule has 0 radical (unpaired) electrons. The number of ketones is 1. The highest BCUT2D eigenvalue weighted by Gasteiger charge is 2.37. The van der Waals surface area contributed by atoms with E-state index < -0.39 is 17.1 Å². The molecule has 1 unspecified atom stereocenters. The maximum absolute atomic E-state index is 14.0. The van der Waals surface area contributed by atoms with Crippen LogP contribution in [0.15, 0.2) is 35.6 Å². The predicted molar refractivity (Wildman–Crippen MR) is 97.6 cm³/mol. The van der Waals surface area contributed by atoms with Gasteiger partial charge < -0.3 is 5.73 Å². The molecule has 0 saturated heterocycles. The Morgan fingerprint density at radius 3 is 2.78 bits per heavy atom. The second-order valence-corrected chi connectivity index (χ2v) is 6.87. The van der Waals surface area contributed by atoms with Crippen molar-refractivity contribution in [3.63, 3.8) is 0 Å². The van der Waals surface area contributed by atoms with E-state index in [1.54, 1.807) is 33.0 Å². The van der Waals surface area contributed by atoms with Gasteiger partial charge in [-0.1, -0.05) is 0 Å². The average molecular weight is 369 g/mol. The van der Waals surface area contributed by atoms with Crippen LogP contribution in [0.1, 0.15) is 40.7 Å². The third-order valence-electron chi connectivity index (χ3n) is 4.56. The molecule has 3 rings (SSSR count). The van der Waals surface area contributed by atoms with Gasteiger partial charge >= 0.3 is 0 Å². The van der Waals surface area contributed by atoms with Crippen molar-refractivity contribution in [2.24, 2.45) is 10.7 Å². The Labute approximate surface area is 156 Å². The van der Waals surface area contributed by atoms with Crippen LogP contribution in [0.3, 0.4) is 0 Å². The number of aliphatic imine (C=N–C) groups is 1. The first-order valence-electron chi connectivity index (χ1n) is 8.42. The first kappa shape index (κ1) is 18.6. The van der Waals surface area contributed by atoms with Crippen LogP contribution in [0.4, 0.5) is 4.39 Å². The summed E-state index contributed by atoms with van der Waals surface area (Å²) in [5.74, 6) is -1.13. The second kappa shape index (κ2) is 6.86. The minimum atomic E-state index is -0.917. The molecule has 1 atom stereocenters. The molecule has 0 saturated carbocycles. The normalized spacial score (nSPS) is 19.8. The third kappa shape index (κ3) is 3.69. The van der Waals surface area contributed by atoms with Crippen molar-refractivity contribution in [2.45, 2.75) is 32.2 Å². The predicted octanol–water partition coefficient (Wildman–Crippen LogP) is 1.74. The highest BCUT2D eigenvalue weighted by molar-refractivity contribution is 5.99. The first-order chi connectivity index (χ1) is 12.7. The van der Waals surface area contributed by atoms with Gasteiger partial charge in [0.1, 0.15) is 11.2 Å². The zero-order chi connectivity index (χ0) is 19.8. The molecule has 0 bridgehead atoms. The number of nitrogens with two attached hydrogens (primary N) is 1. The van der Waals surface area contributed by atoms with Gasteiger partial charge in [0, 0.05) is 25.9 Å². The van der Waals surface area contributed by atoms with Crippen LogP contribution in [0.25, 0.3) is 0 Å². The molecular weight excluding hydrogens is 349 g/mol. The van der Waals surface area contributed by atoms with Crippen LogP contribution in [-0.4, -0.2) is 39.6 Å². The van der Waals surface area contributed by atoms with Gasteiger partial charge in [-0.15, -0.1) is 0 Å². The van der Waals surface area contributed by atoms with Crippen molar-refractivity contribution in [1.29, 1.82) is 0 Å². The molecule has 140 valence electrons. The molecule has 0 fully saturated rings. The number of carbonyl (C=O) groups is 2. The van der Waals surface area contributed by atoms with E-state index in [2.05, 4.69) is 15.0 Å². The summed E-state index contributed by atoms with van der Waals surface area (Å²) >= 11 is 0. The lowest BCUT2D eigenvalue weighted by Crippen LogP contribution is -2.47. The molecule has 0 spiro atoms. The van der Waals surface area contributed by atoms with Crippen LogP contribution in [0.5, 0.6) is 0 Å². The van der Waals surface area contributed by atoms with Gasteiger partial charge in [-0.05, 0) is 43.2 Å². The number of hydrogen-bond donors (Lipinski definition) is 1. The molecule has 2 aromatic heterocycles. The van der Waals surface area contributed by atoms with Crippen molar-refractivity contribution >= 4 is 17.6 Å². The molecule has 0 aliphatic carbocycles. The zero-order valence-corrected chi connectivity index (χ0v) is 15.4. The quantitative estimate of drug-likeness (QED) is 0.827. The number of halogens is 1. The Bertz CT molecular complexity index is 959. The highest BCUT2D eigenvalue weighted by atomic mass is 19.1. The summed E-state index contributed by atoms with van der Waals surface area (Å²) < 4.78 is 14.0. The molecule has 1 amide bonds. The van der Waals surface area contributed by atoms with Gasteiger partial charge in [0.25, 0.3) is 0 Å². The van der Waals surface area contributed by atoms with E-state index in [0.29, 0.717) is 16.8 Å². The fraction of sp³-hybridized carbons (Fsp3) is 0.316. The molecule has 27 heavy (non-hydrogen) atoms. The molecular formula is C19H20FN5O2. The van der Waals surface area contributed by atoms with Crippen LogP contribution < -0.4 is 5.73 Å². The SMILES string of the molecule is Cc1cnc(C(=O)Cc2ccnc(C3(C)CC(=O)N(C)C(N)=N3)c2)c(F)c1. The maximum atomic E-state index is 14.0. The fourth-order valence-corrected chi connectivity index (χ4v) is 2.94. The molecule has 0 aromatic carbocycles. The van der Waals surface area contributed by atoms with Crippen molar-refractivity contribution in [3.8, 4) is 0 Å². The first-order valence-corrected chi connectivity index (χ1v) is 8.42. The monoisotopic (exact) mass is 369 g/mol. The number of nitrogens with zero attached hydrogens (tertiary/aromatic N) is 4. The van der Waals surface area contributed by atoms with E-state index in [9.17, 15) is 14.0 Å². The number of pyridine rings is 2. The van der Waals surface area contributed by atoms with E-state index in [-0.39, 0.29) is 30.4 Å². The summed E-state index contributed by atoms with van der Waals surface area (Å²) in [6.45, 7) is 3.47. The highest BCUT2D eigenvalue weighted by Crippen LogP contribution is 2.32. The number of hydrogen-bond acceptors (Lipinski definition) is 6. The number of rotatable bonds is 4. The van der Waals surface area contributed by atoms with Crippen LogP contribution >= 0.6 is 0 Å². The molecule has 8 heteroatoms. The zero-order valence-electron chi connectivity index (χ0n) is 15.4. The summed E-state index contributed by atoms with van der Waals surface area (Å²) in [6.07, 6.45) is 3.07. The number of amides is 1. The Morgan fingerprint density at radius 1 is 1.37 bits per heavy atom. The maximum Gasteiger partial charge on any atom is 0.231 e. The van der Waals surface area contributed by atoms with Crippen molar-refractivity contribution in [3.05, 3.63) is 58.9 Å². The van der Waals surface area contributed by atoms with E-state index in [0.717, 1.165) is 0 Å². The summed E-state index contributed by atoms with van der Waals surface area (Å²) in [6, 6.07) is 4.64. The molecule has 1 aliphatic heterocycles. The van der Waals surface area contributed by atoms with Crippen LogP contribution in [0, 0.1) is 12.7 Å². The number of carbonyl (C=O) groups excluding carboxylic acids is 2. The average Bonchev–Trinajstić information content (AvgIpc) is 2.59. The number of Topliss-reactive ketones (excluding diaryl/α,β-unsaturated/α-hetero) is 1. The topological polar surface area (TPSA) is 102 Å². The van der Waals surface area contributed by atoms with Gasteiger partial charge in [0.15, 0.2) is 17.6 Å². The van der Waals surface area contributed by atoms with E-state index in [4.69, 9.17) is 5.73 Å². The van der Waals surface area contributed by atoms with Crippen molar-refractivity contribution < 1.29 is 14.0 Å². The summed E-state index contributed by atoms with van der Waals surface area (Å²) in [5.41, 5.74) is 6.52. The lowest BCUT2D eigenvalue weighted by atomic mass is 9.90. The molecule has 1 aliphatic rings. The molecule has 3 heterocycles. The van der Waals surface area contributed by atoms with Crippen LogP contribution in [0.2, 0.25) is 0 Å². The van der Waals surface area contributed by atoms with Gasteiger partial charge in [0.05, 0.1) is 12.1 Å². The fourth-order valence-electron chi connectivity index (χ4n) is 2.94. The van der Waals surface area contributed by atoms with E-state index in [1.807, 2.05) is 0 Å². The molecule has 2 aromatic rings. The molecule has 2 N–H and O–H groups in total. The Morgan fingerprint density at radius 2 is 2.11 bits per heavy atom. The van der Waals surface area contributed by atoms with Gasteiger partial charge in [-0.25, -0.2) is 14.4 Å². The number of aryl methyl sites for hydroxylation is 1. The smallest absolute Gasteiger partial charge is 0.231 e. The Balaban J connectivity index is 1.88. The Hall–Kier alpha value is -3.16. The minimum absolute atomic E-state index is 0.0361. The van der Waals surface area contributed by atoms with Crippen LogP contribution in [-0.2, 0) is 16.8 Å². The molecule has 7 nitrogen and oxygen atoms in total. The van der Waals surface area contributed by atoms with E-state index >= 15 is 0 Å². The lowest BCUT2D eigenvalue weighted by Gasteiger charge is -2.32. The number of aromatic nitrogens is 2. The Kier molecular flexibility index (Phi) is 4.73. The van der Waals surface area contributed by atoms with Gasteiger partial charge in [0.2, 0.25) is 5.91 Å². The van der Waals surface area contributed by atoms with Crippen molar-refractivity contribution in [1.82, 2.24) is 14.9 Å². The van der Waals surface area contributed by atoms with Gasteiger partial charge in [-0.2, -0.15) is 0 Å². The second-order valence-electron chi connectivity index (χ2n) is 6.87. The summed E-state index contributed by atoms with van der Waals surface area (Å²) in [7, 11) is 1.56. The number of guanidine groups is 1. The lowest BCUT2D eigenvalue weighted by molar-refractivity contribution is -0.128. The summed E-state index contributed by atoms with van der Waals surface area (Å²) in [5, 5.41) is 0. The summed E-state index contributed by atoms with van der Waals surface area (Å²) in [4.78, 5) is 38.5. The minimum Gasteiger partial charge on any atom is -0.369 e. The van der Waals surface area contributed by atoms with Gasteiger partial charge in [-0.3, -0.25) is 19.5 Å². The largest absolute Gasteiger partial charge is 0.369 e. The van der Waals surface area contributed by atoms with Crippen molar-refractivity contribution in [2.75, 3.05) is 7.05 Å². The van der Waals surface area contributed by atoms with E-state index in [1.165, 1.54) is 23.4 Å².